The number of fused-ring (bicyclic) bond motifs is 7. The maximum Gasteiger partial charge on any atom is 0.0714 e. The van der Waals surface area contributed by atoms with Gasteiger partial charge in [-0.15, -0.1) is 0 Å². The minimum Gasteiger partial charge on any atom is -0.311 e. The van der Waals surface area contributed by atoms with Crippen LogP contribution in [0.2, 0.25) is 0 Å². The molecule has 72 heavy (non-hydrogen) atoms. The molecule has 336 valence electrons. The Hall–Kier alpha value is -9.30. The van der Waals surface area contributed by atoms with Gasteiger partial charge in [-0.3, -0.25) is 0 Å². The summed E-state index contributed by atoms with van der Waals surface area (Å²) in [5.41, 5.74) is 17.7. The van der Waals surface area contributed by atoms with Crippen molar-refractivity contribution in [3.8, 4) is 44.5 Å². The first-order valence-corrected chi connectivity index (χ1v) is 25.0. The number of hydrogen-bond donors (Lipinski definition) is 0. The average molecular weight is 914 g/mol. The predicted octanol–water partition coefficient (Wildman–Crippen LogP) is 19.1. The van der Waals surface area contributed by atoms with Crippen LogP contribution >= 0.6 is 0 Å². The van der Waals surface area contributed by atoms with Crippen LogP contribution in [0.3, 0.4) is 0 Å². The highest BCUT2D eigenvalue weighted by atomic mass is 15.1. The van der Waals surface area contributed by atoms with Crippen LogP contribution in [0.25, 0.3) is 87.6 Å². The number of anilines is 3. The number of rotatable bonds is 8. The van der Waals surface area contributed by atoms with Gasteiger partial charge in [-0.1, -0.05) is 237 Å². The lowest BCUT2D eigenvalue weighted by Gasteiger charge is -2.34. The van der Waals surface area contributed by atoms with Crippen LogP contribution in [-0.2, 0) is 5.41 Å². The van der Waals surface area contributed by atoms with Crippen molar-refractivity contribution < 1.29 is 0 Å². The van der Waals surface area contributed by atoms with Gasteiger partial charge in [-0.2, -0.15) is 0 Å². The Kier molecular flexibility index (Phi) is 9.82. The zero-order valence-electron chi connectivity index (χ0n) is 39.6. The first-order valence-electron chi connectivity index (χ1n) is 25.0. The van der Waals surface area contributed by atoms with Crippen LogP contribution in [0.4, 0.5) is 17.1 Å². The molecule has 0 fully saturated rings. The Morgan fingerprint density at radius 1 is 0.236 bits per heavy atom. The maximum atomic E-state index is 2.43. The molecule has 13 aromatic carbocycles. The quantitative estimate of drug-likeness (QED) is 0.147. The molecule has 0 radical (unpaired) electrons. The second-order valence-electron chi connectivity index (χ2n) is 19.2. The van der Waals surface area contributed by atoms with Crippen molar-refractivity contribution in [3.05, 3.63) is 307 Å². The molecule has 1 nitrogen and oxygen atoms in total. The third-order valence-corrected chi connectivity index (χ3v) is 15.3. The molecule has 0 heterocycles. The summed E-state index contributed by atoms with van der Waals surface area (Å²) in [5.74, 6) is 0. The number of benzene rings is 13. The topological polar surface area (TPSA) is 3.24 Å². The van der Waals surface area contributed by atoms with E-state index in [1.54, 1.807) is 0 Å². The molecule has 0 saturated heterocycles. The monoisotopic (exact) mass is 913 g/mol. The summed E-state index contributed by atoms with van der Waals surface area (Å²) < 4.78 is 0. The Balaban J connectivity index is 0.910. The Morgan fingerprint density at radius 2 is 0.597 bits per heavy atom. The molecule has 1 aliphatic carbocycles. The van der Waals surface area contributed by atoms with Gasteiger partial charge in [-0.05, 0) is 158 Å². The van der Waals surface area contributed by atoms with Gasteiger partial charge < -0.3 is 4.90 Å². The number of hydrogen-bond acceptors (Lipinski definition) is 1. The Labute approximate surface area is 420 Å². The molecule has 0 aliphatic heterocycles. The summed E-state index contributed by atoms with van der Waals surface area (Å²) in [6.07, 6.45) is 0. The molecule has 0 bridgehead atoms. The molecule has 13 aromatic rings. The lowest BCUT2D eigenvalue weighted by molar-refractivity contribution is 0.771. The van der Waals surface area contributed by atoms with Crippen LogP contribution in [0, 0.1) is 0 Å². The molecule has 14 rings (SSSR count). The minimum absolute atomic E-state index is 0.552. The average Bonchev–Trinajstić information content (AvgIpc) is 3.76. The fourth-order valence-corrected chi connectivity index (χ4v) is 12.0. The van der Waals surface area contributed by atoms with E-state index in [9.17, 15) is 0 Å². The summed E-state index contributed by atoms with van der Waals surface area (Å²) in [5, 5.41) is 9.96. The normalized spacial score (nSPS) is 12.6. The first kappa shape index (κ1) is 41.7. The van der Waals surface area contributed by atoms with E-state index in [-0.39, 0.29) is 0 Å². The van der Waals surface area contributed by atoms with Crippen molar-refractivity contribution in [2.24, 2.45) is 0 Å². The molecule has 0 N–H and O–H groups in total. The molecule has 0 spiro atoms. The van der Waals surface area contributed by atoms with E-state index >= 15 is 0 Å². The largest absolute Gasteiger partial charge is 0.311 e. The first-order chi connectivity index (χ1) is 35.7. The molecule has 1 aliphatic rings. The van der Waals surface area contributed by atoms with Gasteiger partial charge in [0.2, 0.25) is 0 Å². The van der Waals surface area contributed by atoms with Crippen molar-refractivity contribution in [1.29, 1.82) is 0 Å². The Bertz CT molecular complexity index is 3990. The van der Waals surface area contributed by atoms with Crippen LogP contribution in [-0.4, -0.2) is 0 Å². The van der Waals surface area contributed by atoms with Crippen molar-refractivity contribution in [2.45, 2.75) is 5.41 Å². The molecule has 0 atom stereocenters. The van der Waals surface area contributed by atoms with Crippen molar-refractivity contribution in [3.63, 3.8) is 0 Å². The van der Waals surface area contributed by atoms with E-state index in [0.29, 0.717) is 0 Å². The summed E-state index contributed by atoms with van der Waals surface area (Å²) in [6.45, 7) is 0. The standard InChI is InChI=1S/C71H47N/c1-3-18-55-46-57(38-30-48(55)14-1)71(58-39-31-49-15-2-4-19-56(49)47-58)68-28-10-9-24-67(68)70-66(27-13-29-69(70)71)54-36-44-61(45-37-54)72(59-40-32-52(33-41-59)64-25-11-20-50-16-5-7-22-62(50)64)60-42-34-53(35-43-60)65-26-12-21-51-17-6-8-23-63(51)65/h1-47H. The van der Waals surface area contributed by atoms with Crippen LogP contribution in [0.5, 0.6) is 0 Å². The van der Waals surface area contributed by atoms with Gasteiger partial charge in [-0.25, -0.2) is 0 Å². The molecule has 0 unspecified atom stereocenters. The molecule has 0 aromatic heterocycles. The van der Waals surface area contributed by atoms with Crippen molar-refractivity contribution in [2.75, 3.05) is 4.90 Å². The highest BCUT2D eigenvalue weighted by Crippen LogP contribution is 2.59. The summed E-state index contributed by atoms with van der Waals surface area (Å²) in [7, 11) is 0. The minimum atomic E-state index is -0.552. The Morgan fingerprint density at radius 3 is 1.11 bits per heavy atom. The van der Waals surface area contributed by atoms with Gasteiger partial charge in [0.1, 0.15) is 0 Å². The zero-order chi connectivity index (χ0) is 47.6. The van der Waals surface area contributed by atoms with Crippen molar-refractivity contribution >= 4 is 60.2 Å². The van der Waals surface area contributed by atoms with Crippen LogP contribution < -0.4 is 4.90 Å². The summed E-state index contributed by atoms with van der Waals surface area (Å²) in [6, 6.07) is 106. The molecule has 0 saturated carbocycles. The van der Waals surface area contributed by atoms with Crippen LogP contribution in [0.1, 0.15) is 22.3 Å². The highest BCUT2D eigenvalue weighted by molar-refractivity contribution is 6.00. The predicted molar refractivity (Wildman–Crippen MR) is 305 cm³/mol. The third kappa shape index (κ3) is 6.70. The molecule has 0 amide bonds. The van der Waals surface area contributed by atoms with E-state index in [1.165, 1.54) is 110 Å². The van der Waals surface area contributed by atoms with E-state index in [0.717, 1.165) is 17.1 Å². The molecular weight excluding hydrogens is 867 g/mol. The highest BCUT2D eigenvalue weighted by Gasteiger charge is 2.47. The number of nitrogens with zero attached hydrogens (tertiary/aromatic N) is 1. The third-order valence-electron chi connectivity index (χ3n) is 15.3. The van der Waals surface area contributed by atoms with Gasteiger partial charge in [0.25, 0.3) is 0 Å². The fourth-order valence-electron chi connectivity index (χ4n) is 12.0. The SMILES string of the molecule is c1ccc2c(c1)-c1c(-c3ccc(N(c4ccc(-c5cccc6ccccc56)cc4)c4ccc(-c5cccc6ccccc56)cc4)cc3)cccc1C2(c1ccc2ccccc2c1)c1ccc2ccccc2c1. The van der Waals surface area contributed by atoms with Gasteiger partial charge in [0.05, 0.1) is 5.41 Å². The smallest absolute Gasteiger partial charge is 0.0714 e. The second-order valence-corrected chi connectivity index (χ2v) is 19.2. The maximum absolute atomic E-state index is 2.43. The van der Waals surface area contributed by atoms with E-state index in [2.05, 4.69) is 290 Å². The van der Waals surface area contributed by atoms with Gasteiger partial charge in [0.15, 0.2) is 0 Å². The molecular formula is C71H47N. The van der Waals surface area contributed by atoms with Gasteiger partial charge >= 0.3 is 0 Å². The lowest BCUT2D eigenvalue weighted by Crippen LogP contribution is -2.28. The summed E-state index contributed by atoms with van der Waals surface area (Å²) in [4.78, 5) is 2.39. The van der Waals surface area contributed by atoms with E-state index < -0.39 is 5.41 Å². The van der Waals surface area contributed by atoms with Crippen LogP contribution in [0.15, 0.2) is 285 Å². The zero-order valence-corrected chi connectivity index (χ0v) is 39.6. The lowest BCUT2D eigenvalue weighted by atomic mass is 9.67. The summed E-state index contributed by atoms with van der Waals surface area (Å²) >= 11 is 0. The fraction of sp³-hybridized carbons (Fsp3) is 0.0141. The van der Waals surface area contributed by atoms with Crippen molar-refractivity contribution in [1.82, 2.24) is 0 Å². The second kappa shape index (κ2) is 17.0. The van der Waals surface area contributed by atoms with E-state index in [1.807, 2.05) is 0 Å². The van der Waals surface area contributed by atoms with E-state index in [4.69, 9.17) is 0 Å². The van der Waals surface area contributed by atoms with Gasteiger partial charge in [0, 0.05) is 17.1 Å². The molecule has 1 heteroatoms.